The minimum atomic E-state index is -0.264. The molecule has 0 aliphatic carbocycles. The molecule has 0 atom stereocenters. The fourth-order valence-corrected chi connectivity index (χ4v) is 3.01. The van der Waals surface area contributed by atoms with Crippen LogP contribution in [0.5, 0.6) is 5.75 Å². The lowest BCUT2D eigenvalue weighted by atomic mass is 9.99. The van der Waals surface area contributed by atoms with Gasteiger partial charge in [0.25, 0.3) is 5.91 Å². The second-order valence-electron chi connectivity index (χ2n) is 8.07. The Morgan fingerprint density at radius 2 is 1.65 bits per heavy atom. The molecule has 1 aliphatic rings. The molecule has 2 rings (SSSR count). The summed E-state index contributed by atoms with van der Waals surface area (Å²) >= 11 is 0. The van der Waals surface area contributed by atoms with E-state index < -0.39 is 0 Å². The highest BCUT2D eigenvalue weighted by Gasteiger charge is 2.27. The summed E-state index contributed by atoms with van der Waals surface area (Å²) in [4.78, 5) is 28.7. The van der Waals surface area contributed by atoms with E-state index in [4.69, 9.17) is 4.74 Å². The van der Waals surface area contributed by atoms with Crippen LogP contribution in [0.25, 0.3) is 0 Å². The topological polar surface area (TPSA) is 61.9 Å². The molecule has 0 bridgehead atoms. The number of nitrogens with one attached hydrogen (secondary N) is 1. The van der Waals surface area contributed by atoms with Gasteiger partial charge >= 0.3 is 6.03 Å². The minimum absolute atomic E-state index is 0.00503. The molecule has 1 aromatic carbocycles. The first-order chi connectivity index (χ1) is 12.1. The average molecular weight is 361 g/mol. The highest BCUT2D eigenvalue weighted by molar-refractivity contribution is 5.95. The third-order valence-corrected chi connectivity index (χ3v) is 4.43. The number of urea groups is 1. The average Bonchev–Trinajstić information content (AvgIpc) is 2.59. The molecular formula is C20H31N3O3. The van der Waals surface area contributed by atoms with E-state index in [-0.39, 0.29) is 23.4 Å². The van der Waals surface area contributed by atoms with Gasteiger partial charge in [-0.05, 0) is 50.5 Å². The van der Waals surface area contributed by atoms with Crippen molar-refractivity contribution in [3.8, 4) is 5.75 Å². The predicted molar refractivity (Wildman–Crippen MR) is 103 cm³/mol. The lowest BCUT2D eigenvalue weighted by Gasteiger charge is -2.36. The van der Waals surface area contributed by atoms with Crippen LogP contribution in [-0.4, -0.2) is 60.6 Å². The van der Waals surface area contributed by atoms with Crippen molar-refractivity contribution in [1.82, 2.24) is 15.1 Å². The van der Waals surface area contributed by atoms with Crippen LogP contribution in [-0.2, 0) is 0 Å². The van der Waals surface area contributed by atoms with Crippen LogP contribution < -0.4 is 10.1 Å². The number of piperazine rings is 1. The number of ether oxygens (including phenoxy) is 1. The smallest absolute Gasteiger partial charge is 0.317 e. The summed E-state index contributed by atoms with van der Waals surface area (Å²) in [6, 6.07) is 5.52. The summed E-state index contributed by atoms with van der Waals surface area (Å²) in [6.45, 7) is 12.2. The molecular weight excluding hydrogens is 330 g/mol. The molecule has 3 amide bonds. The zero-order valence-corrected chi connectivity index (χ0v) is 16.8. The monoisotopic (exact) mass is 361 g/mol. The van der Waals surface area contributed by atoms with Gasteiger partial charge in [0.15, 0.2) is 0 Å². The van der Waals surface area contributed by atoms with Crippen LogP contribution in [0.4, 0.5) is 4.79 Å². The zero-order valence-electron chi connectivity index (χ0n) is 16.8. The summed E-state index contributed by atoms with van der Waals surface area (Å²) in [5.41, 5.74) is 1.43. The molecule has 0 saturated carbocycles. The van der Waals surface area contributed by atoms with Gasteiger partial charge in [0, 0.05) is 37.3 Å². The number of benzene rings is 1. The molecule has 0 radical (unpaired) electrons. The maximum Gasteiger partial charge on any atom is 0.317 e. The molecule has 0 unspecified atom stereocenters. The lowest BCUT2D eigenvalue weighted by molar-refractivity contribution is 0.0661. The van der Waals surface area contributed by atoms with Gasteiger partial charge in [0.05, 0.1) is 7.11 Å². The number of methoxy groups -OCH3 is 1. The Bertz CT molecular complexity index is 657. The van der Waals surface area contributed by atoms with E-state index in [1.54, 1.807) is 12.0 Å². The third kappa shape index (κ3) is 4.90. The SMILES string of the molecule is COc1ccc(C(=O)N2CCN(C(=O)NC(C)(C)C)CC2)cc1C(C)C. The summed E-state index contributed by atoms with van der Waals surface area (Å²) < 4.78 is 5.39. The summed E-state index contributed by atoms with van der Waals surface area (Å²) in [5.74, 6) is 1.08. The van der Waals surface area contributed by atoms with Gasteiger partial charge in [-0.3, -0.25) is 4.79 Å². The van der Waals surface area contributed by atoms with Crippen molar-refractivity contribution < 1.29 is 14.3 Å². The third-order valence-electron chi connectivity index (χ3n) is 4.43. The molecule has 0 spiro atoms. The molecule has 1 N–H and O–H groups in total. The van der Waals surface area contributed by atoms with Gasteiger partial charge in [-0.15, -0.1) is 0 Å². The van der Waals surface area contributed by atoms with Crippen LogP contribution >= 0.6 is 0 Å². The quantitative estimate of drug-likeness (QED) is 0.900. The van der Waals surface area contributed by atoms with E-state index in [2.05, 4.69) is 19.2 Å². The van der Waals surface area contributed by atoms with Gasteiger partial charge in [0.1, 0.15) is 5.75 Å². The number of nitrogens with zero attached hydrogens (tertiary/aromatic N) is 2. The van der Waals surface area contributed by atoms with E-state index >= 15 is 0 Å². The van der Waals surface area contributed by atoms with Crippen LogP contribution in [0.15, 0.2) is 18.2 Å². The van der Waals surface area contributed by atoms with Gasteiger partial charge in [-0.25, -0.2) is 4.79 Å². The van der Waals surface area contributed by atoms with E-state index in [1.807, 2.05) is 43.9 Å². The molecule has 6 nitrogen and oxygen atoms in total. The Balaban J connectivity index is 2.02. The molecule has 0 aromatic heterocycles. The second-order valence-corrected chi connectivity index (χ2v) is 8.07. The number of carbonyl (C=O) groups excluding carboxylic acids is 2. The molecule has 1 heterocycles. The van der Waals surface area contributed by atoms with Crippen molar-refractivity contribution in [3.63, 3.8) is 0 Å². The number of amides is 3. The van der Waals surface area contributed by atoms with E-state index in [1.165, 1.54) is 0 Å². The number of rotatable bonds is 3. The molecule has 144 valence electrons. The largest absolute Gasteiger partial charge is 0.496 e. The van der Waals surface area contributed by atoms with Crippen LogP contribution in [0, 0.1) is 0 Å². The fourth-order valence-electron chi connectivity index (χ4n) is 3.01. The predicted octanol–water partition coefficient (Wildman–Crippen LogP) is 3.08. The van der Waals surface area contributed by atoms with Gasteiger partial charge in [-0.2, -0.15) is 0 Å². The molecule has 1 aliphatic heterocycles. The summed E-state index contributed by atoms with van der Waals surface area (Å²) in [7, 11) is 1.64. The van der Waals surface area contributed by atoms with Crippen LogP contribution in [0.3, 0.4) is 0 Å². The van der Waals surface area contributed by atoms with Crippen molar-refractivity contribution in [2.24, 2.45) is 0 Å². The molecule has 1 saturated heterocycles. The molecule has 6 heteroatoms. The highest BCUT2D eigenvalue weighted by Crippen LogP contribution is 2.27. The number of carbonyl (C=O) groups is 2. The Morgan fingerprint density at radius 1 is 1.08 bits per heavy atom. The molecule has 1 fully saturated rings. The molecule has 26 heavy (non-hydrogen) atoms. The maximum absolute atomic E-state index is 12.8. The van der Waals surface area contributed by atoms with Crippen molar-refractivity contribution in [3.05, 3.63) is 29.3 Å². The summed E-state index contributed by atoms with van der Waals surface area (Å²) in [6.07, 6.45) is 0. The fraction of sp³-hybridized carbons (Fsp3) is 0.600. The Hall–Kier alpha value is -2.24. The van der Waals surface area contributed by atoms with Crippen molar-refractivity contribution >= 4 is 11.9 Å². The standard InChI is InChI=1S/C20H31N3O3/c1-14(2)16-13-15(7-8-17(16)26-6)18(24)22-9-11-23(12-10-22)19(25)21-20(3,4)5/h7-8,13-14H,9-12H2,1-6H3,(H,21,25). The van der Waals surface area contributed by atoms with E-state index in [0.717, 1.165) is 11.3 Å². The van der Waals surface area contributed by atoms with Crippen molar-refractivity contribution in [2.75, 3.05) is 33.3 Å². The first-order valence-electron chi connectivity index (χ1n) is 9.16. The van der Waals surface area contributed by atoms with Crippen LogP contribution in [0.1, 0.15) is 56.5 Å². The minimum Gasteiger partial charge on any atom is -0.496 e. The lowest BCUT2D eigenvalue weighted by Crippen LogP contribution is -2.56. The first-order valence-corrected chi connectivity index (χ1v) is 9.16. The molecule has 1 aromatic rings. The van der Waals surface area contributed by atoms with Gasteiger partial charge < -0.3 is 19.9 Å². The first kappa shape index (κ1) is 20.1. The van der Waals surface area contributed by atoms with Gasteiger partial charge in [-0.1, -0.05) is 13.8 Å². The number of hydrogen-bond donors (Lipinski definition) is 1. The van der Waals surface area contributed by atoms with E-state index in [9.17, 15) is 9.59 Å². The van der Waals surface area contributed by atoms with Crippen LogP contribution in [0.2, 0.25) is 0 Å². The van der Waals surface area contributed by atoms with Crippen molar-refractivity contribution in [1.29, 1.82) is 0 Å². The number of hydrogen-bond acceptors (Lipinski definition) is 3. The van der Waals surface area contributed by atoms with E-state index in [0.29, 0.717) is 31.7 Å². The second kappa shape index (κ2) is 7.98. The Morgan fingerprint density at radius 3 is 2.15 bits per heavy atom. The summed E-state index contributed by atoms with van der Waals surface area (Å²) in [5, 5.41) is 2.97. The Labute approximate surface area is 156 Å². The van der Waals surface area contributed by atoms with Gasteiger partial charge in [0.2, 0.25) is 0 Å². The normalized spacial score (nSPS) is 15.2. The van der Waals surface area contributed by atoms with Crippen molar-refractivity contribution in [2.45, 2.75) is 46.1 Å². The highest BCUT2D eigenvalue weighted by atomic mass is 16.5. The maximum atomic E-state index is 12.8. The zero-order chi connectivity index (χ0) is 19.5. The Kier molecular flexibility index (Phi) is 6.16.